The third-order valence-corrected chi connectivity index (χ3v) is 7.49. The molecule has 6 nitrogen and oxygen atoms in total. The van der Waals surface area contributed by atoms with E-state index in [4.69, 9.17) is 4.98 Å². The summed E-state index contributed by atoms with van der Waals surface area (Å²) in [6, 6.07) is 17.3. The summed E-state index contributed by atoms with van der Waals surface area (Å²) in [5.74, 6) is 0.962. The molecule has 1 fully saturated rings. The van der Waals surface area contributed by atoms with Crippen LogP contribution in [0.3, 0.4) is 0 Å². The molecule has 5 rings (SSSR count). The maximum atomic E-state index is 12.3. The van der Waals surface area contributed by atoms with Gasteiger partial charge in [0.2, 0.25) is 11.1 Å². The Kier molecular flexibility index (Phi) is 7.09. The summed E-state index contributed by atoms with van der Waals surface area (Å²) in [5.41, 5.74) is 5.28. The lowest BCUT2D eigenvalue weighted by Crippen LogP contribution is -2.36. The van der Waals surface area contributed by atoms with E-state index in [-0.39, 0.29) is 5.91 Å². The van der Waals surface area contributed by atoms with E-state index in [1.165, 1.54) is 30.4 Å². The number of hydrogen-bond acceptors (Lipinski definition) is 5. The molecule has 176 valence electrons. The molecule has 0 saturated heterocycles. The van der Waals surface area contributed by atoms with Gasteiger partial charge in [-0.3, -0.25) is 4.79 Å². The molecule has 0 bridgehead atoms. The van der Waals surface area contributed by atoms with Gasteiger partial charge in [0.25, 0.3) is 0 Å². The van der Waals surface area contributed by atoms with Crippen LogP contribution in [-0.4, -0.2) is 37.5 Å². The molecule has 1 N–H and O–H groups in total. The Bertz CT molecular complexity index is 1280. The second-order valence-electron chi connectivity index (χ2n) is 9.21. The number of fused-ring (bicyclic) bond motifs is 3. The van der Waals surface area contributed by atoms with Crippen molar-refractivity contribution in [1.82, 2.24) is 25.1 Å². The van der Waals surface area contributed by atoms with Gasteiger partial charge in [0.05, 0.1) is 5.52 Å². The summed E-state index contributed by atoms with van der Waals surface area (Å²) in [6.07, 6.45) is 7.35. The van der Waals surface area contributed by atoms with E-state index in [1.54, 1.807) is 11.8 Å². The molecule has 4 aromatic rings. The summed E-state index contributed by atoms with van der Waals surface area (Å²) in [7, 11) is 0. The quantitative estimate of drug-likeness (QED) is 0.264. The predicted molar refractivity (Wildman–Crippen MR) is 138 cm³/mol. The van der Waals surface area contributed by atoms with Crippen LogP contribution in [0.1, 0.15) is 56.1 Å². The Labute approximate surface area is 204 Å². The fraction of sp³-hybridized carbons (Fsp3) is 0.407. The lowest BCUT2D eigenvalue weighted by molar-refractivity contribution is -0.122. The number of aryl methyl sites for hydroxylation is 1. The van der Waals surface area contributed by atoms with Crippen molar-refractivity contribution < 1.29 is 4.79 Å². The van der Waals surface area contributed by atoms with Gasteiger partial charge in [0, 0.05) is 30.1 Å². The van der Waals surface area contributed by atoms with Crippen LogP contribution in [0, 0.1) is 6.92 Å². The highest BCUT2D eigenvalue weighted by atomic mass is 32.2. The third-order valence-electron chi connectivity index (χ3n) is 6.57. The van der Waals surface area contributed by atoms with E-state index >= 15 is 0 Å². The first-order valence-electron chi connectivity index (χ1n) is 12.3. The molecular weight excluding hydrogens is 442 g/mol. The van der Waals surface area contributed by atoms with Gasteiger partial charge in [-0.25, -0.2) is 4.98 Å². The molecule has 0 radical (unpaired) electrons. The number of carbonyl (C=O) groups excluding carboxylic acids is 1. The summed E-state index contributed by atoms with van der Waals surface area (Å²) < 4.78 is 2.23. The Balaban J connectivity index is 1.28. The summed E-state index contributed by atoms with van der Waals surface area (Å²) in [5, 5.41) is 13.9. The number of thioether (sulfide) groups is 1. The number of aromatic nitrogens is 4. The fourth-order valence-electron chi connectivity index (χ4n) is 4.73. The zero-order chi connectivity index (χ0) is 23.3. The normalized spacial score (nSPS) is 14.6. The van der Waals surface area contributed by atoms with E-state index in [1.807, 2.05) is 12.1 Å². The molecule has 1 amide bonds. The molecule has 1 saturated carbocycles. The van der Waals surface area contributed by atoms with Gasteiger partial charge in [-0.1, -0.05) is 79.1 Å². The molecular formula is C27H31N5OS. The minimum Gasteiger partial charge on any atom is -0.353 e. The Hall–Kier alpha value is -2.93. The van der Waals surface area contributed by atoms with Crippen LogP contribution < -0.4 is 5.32 Å². The number of para-hydroxylation sites is 1. The maximum Gasteiger partial charge on any atom is 0.220 e. The van der Waals surface area contributed by atoms with Crippen LogP contribution >= 0.6 is 11.8 Å². The molecule has 2 aromatic carbocycles. The van der Waals surface area contributed by atoms with Crippen LogP contribution in [0.15, 0.2) is 53.7 Å². The molecule has 0 spiro atoms. The standard InChI is InChI=1S/C27H31N5OS/c1-19-13-15-20(16-14-19)18-32-23-11-6-5-10-22(23)25-26(32)29-27(31-30-25)34-17-7-12-24(33)28-21-8-3-2-4-9-21/h5-6,10-11,13-16,21H,2-4,7-9,12,17-18H2,1H3,(H,28,33). The third kappa shape index (κ3) is 5.25. The van der Waals surface area contributed by atoms with Crippen LogP contribution in [0.5, 0.6) is 0 Å². The second kappa shape index (κ2) is 10.6. The number of carbonyl (C=O) groups is 1. The lowest BCUT2D eigenvalue weighted by Gasteiger charge is -2.22. The summed E-state index contributed by atoms with van der Waals surface area (Å²) >= 11 is 1.57. The molecule has 2 aromatic heterocycles. The van der Waals surface area contributed by atoms with E-state index in [9.17, 15) is 4.79 Å². The average Bonchev–Trinajstić information content (AvgIpc) is 3.17. The van der Waals surface area contributed by atoms with Crippen LogP contribution in [0.25, 0.3) is 22.1 Å². The largest absolute Gasteiger partial charge is 0.353 e. The van der Waals surface area contributed by atoms with Crippen molar-refractivity contribution in [3.8, 4) is 0 Å². The lowest BCUT2D eigenvalue weighted by atomic mass is 9.95. The van der Waals surface area contributed by atoms with Crippen molar-refractivity contribution in [2.45, 2.75) is 69.6 Å². The Morgan fingerprint density at radius 2 is 1.85 bits per heavy atom. The topological polar surface area (TPSA) is 72.7 Å². The van der Waals surface area contributed by atoms with Crippen molar-refractivity contribution in [2.75, 3.05) is 5.75 Å². The van der Waals surface area contributed by atoms with Crippen LogP contribution in [-0.2, 0) is 11.3 Å². The van der Waals surface area contributed by atoms with Crippen LogP contribution in [0.4, 0.5) is 0 Å². The van der Waals surface area contributed by atoms with Crippen molar-refractivity contribution in [2.24, 2.45) is 0 Å². The minimum absolute atomic E-state index is 0.167. The molecule has 34 heavy (non-hydrogen) atoms. The van der Waals surface area contributed by atoms with E-state index in [2.05, 4.69) is 63.4 Å². The first-order valence-corrected chi connectivity index (χ1v) is 13.3. The maximum absolute atomic E-state index is 12.3. The number of amides is 1. The molecule has 2 heterocycles. The number of nitrogens with one attached hydrogen (secondary N) is 1. The Morgan fingerprint density at radius 1 is 1.06 bits per heavy atom. The first-order chi connectivity index (χ1) is 16.7. The number of hydrogen-bond donors (Lipinski definition) is 1. The van der Waals surface area contributed by atoms with E-state index < -0.39 is 0 Å². The average molecular weight is 474 g/mol. The van der Waals surface area contributed by atoms with Crippen molar-refractivity contribution >= 4 is 39.7 Å². The van der Waals surface area contributed by atoms with Gasteiger partial charge < -0.3 is 9.88 Å². The summed E-state index contributed by atoms with van der Waals surface area (Å²) in [4.78, 5) is 17.2. The van der Waals surface area contributed by atoms with E-state index in [0.717, 1.165) is 53.6 Å². The molecule has 0 atom stereocenters. The van der Waals surface area contributed by atoms with Crippen molar-refractivity contribution in [3.63, 3.8) is 0 Å². The highest BCUT2D eigenvalue weighted by Gasteiger charge is 2.17. The van der Waals surface area contributed by atoms with Gasteiger partial charge in [-0.15, -0.1) is 10.2 Å². The highest BCUT2D eigenvalue weighted by molar-refractivity contribution is 7.99. The number of rotatable bonds is 8. The van der Waals surface area contributed by atoms with Gasteiger partial charge in [0.15, 0.2) is 5.65 Å². The smallest absolute Gasteiger partial charge is 0.220 e. The monoisotopic (exact) mass is 473 g/mol. The fourth-order valence-corrected chi connectivity index (χ4v) is 5.45. The summed E-state index contributed by atoms with van der Waals surface area (Å²) in [6.45, 7) is 2.83. The van der Waals surface area contributed by atoms with Crippen LogP contribution in [0.2, 0.25) is 0 Å². The van der Waals surface area contributed by atoms with Gasteiger partial charge in [-0.05, 0) is 37.8 Å². The molecule has 7 heteroatoms. The Morgan fingerprint density at radius 3 is 2.68 bits per heavy atom. The van der Waals surface area contributed by atoms with Gasteiger partial charge >= 0.3 is 0 Å². The molecule has 0 aliphatic heterocycles. The molecule has 0 unspecified atom stereocenters. The minimum atomic E-state index is 0.167. The number of benzene rings is 2. The number of nitrogens with zero attached hydrogens (tertiary/aromatic N) is 4. The molecule has 1 aliphatic rings. The molecule has 1 aliphatic carbocycles. The predicted octanol–water partition coefficient (Wildman–Crippen LogP) is 5.66. The van der Waals surface area contributed by atoms with E-state index in [0.29, 0.717) is 17.6 Å². The zero-order valence-electron chi connectivity index (χ0n) is 19.7. The second-order valence-corrected chi connectivity index (χ2v) is 10.3. The van der Waals surface area contributed by atoms with Crippen molar-refractivity contribution in [1.29, 1.82) is 0 Å². The SMILES string of the molecule is Cc1ccc(Cn2c3ccccc3c3nnc(SCCCC(=O)NC4CCCCC4)nc32)cc1. The zero-order valence-corrected chi connectivity index (χ0v) is 20.5. The van der Waals surface area contributed by atoms with Gasteiger partial charge in [-0.2, -0.15) is 0 Å². The van der Waals surface area contributed by atoms with Crippen molar-refractivity contribution in [3.05, 3.63) is 59.7 Å². The first kappa shape index (κ1) is 22.8. The highest BCUT2D eigenvalue weighted by Crippen LogP contribution is 2.28. The van der Waals surface area contributed by atoms with Gasteiger partial charge in [0.1, 0.15) is 5.52 Å².